The lowest BCUT2D eigenvalue weighted by Crippen LogP contribution is -2.35. The van der Waals surface area contributed by atoms with E-state index < -0.39 is 6.10 Å². The molecule has 0 heterocycles. The van der Waals surface area contributed by atoms with Gasteiger partial charge in [-0.25, -0.2) is 0 Å². The number of hydrogen-bond donors (Lipinski definition) is 1. The second-order valence-corrected chi connectivity index (χ2v) is 6.36. The summed E-state index contributed by atoms with van der Waals surface area (Å²) in [5.41, 5.74) is 1.73. The summed E-state index contributed by atoms with van der Waals surface area (Å²) in [5, 5.41) is 10.2. The standard InChI is InChI=1S/C22H29NO3.ClH/c1-3-23(4-2)16-19(24)17-26-22-13-9-8-12-20(22)21(25)15-14-18-10-6-5-7-11-18;/h5-13,19,24H,3-4,14-17H2,1-2H3;1H. The van der Waals surface area contributed by atoms with Crippen molar-refractivity contribution in [3.8, 4) is 5.75 Å². The number of hydrogen-bond acceptors (Lipinski definition) is 4. The van der Waals surface area contributed by atoms with Gasteiger partial charge in [0.05, 0.1) is 5.56 Å². The van der Waals surface area contributed by atoms with Gasteiger partial charge in [0.1, 0.15) is 18.5 Å². The van der Waals surface area contributed by atoms with Gasteiger partial charge >= 0.3 is 0 Å². The van der Waals surface area contributed by atoms with Crippen LogP contribution < -0.4 is 4.74 Å². The van der Waals surface area contributed by atoms with Gasteiger partial charge in [-0.2, -0.15) is 0 Å². The van der Waals surface area contributed by atoms with Gasteiger partial charge < -0.3 is 14.7 Å². The summed E-state index contributed by atoms with van der Waals surface area (Å²) >= 11 is 0. The molecule has 0 bridgehead atoms. The molecule has 0 aliphatic heterocycles. The molecule has 1 atom stereocenters. The monoisotopic (exact) mass is 391 g/mol. The molecule has 5 heteroatoms. The molecule has 0 aromatic heterocycles. The molecule has 1 unspecified atom stereocenters. The van der Waals surface area contributed by atoms with Crippen LogP contribution in [0.25, 0.3) is 0 Å². The number of benzene rings is 2. The van der Waals surface area contributed by atoms with Crippen LogP contribution in [-0.2, 0) is 6.42 Å². The van der Waals surface area contributed by atoms with Crippen molar-refractivity contribution in [1.82, 2.24) is 4.90 Å². The fourth-order valence-electron chi connectivity index (χ4n) is 2.88. The Balaban J connectivity index is 0.00000364. The Kier molecular flexibility index (Phi) is 10.7. The molecule has 148 valence electrons. The number of carbonyl (C=O) groups is 1. The molecule has 4 nitrogen and oxygen atoms in total. The fraction of sp³-hybridized carbons (Fsp3) is 0.409. The van der Waals surface area contributed by atoms with Gasteiger partial charge in [0, 0.05) is 13.0 Å². The van der Waals surface area contributed by atoms with Crippen LogP contribution >= 0.6 is 12.4 Å². The highest BCUT2D eigenvalue weighted by molar-refractivity contribution is 5.98. The van der Waals surface area contributed by atoms with Gasteiger partial charge in [0.15, 0.2) is 5.78 Å². The molecule has 0 aliphatic carbocycles. The summed E-state index contributed by atoms with van der Waals surface area (Å²) in [4.78, 5) is 14.7. The van der Waals surface area contributed by atoms with Crippen molar-refractivity contribution >= 4 is 18.2 Å². The van der Waals surface area contributed by atoms with Crippen LogP contribution in [0.1, 0.15) is 36.2 Å². The summed E-state index contributed by atoms with van der Waals surface area (Å²) in [7, 11) is 0. The van der Waals surface area contributed by atoms with Gasteiger partial charge in [0.25, 0.3) is 0 Å². The van der Waals surface area contributed by atoms with Crippen LogP contribution in [-0.4, -0.2) is 48.1 Å². The summed E-state index contributed by atoms with van der Waals surface area (Å²) in [5.74, 6) is 0.604. The predicted octanol–water partition coefficient (Wildman–Crippen LogP) is 4.01. The number of aliphatic hydroxyl groups excluding tert-OH is 1. The lowest BCUT2D eigenvalue weighted by atomic mass is 10.0. The number of likely N-dealkylation sites (N-methyl/N-ethyl adjacent to an activating group) is 1. The first-order valence-electron chi connectivity index (χ1n) is 9.33. The Morgan fingerprint density at radius 3 is 2.33 bits per heavy atom. The van der Waals surface area contributed by atoms with E-state index in [2.05, 4.69) is 18.7 Å². The van der Waals surface area contributed by atoms with E-state index in [-0.39, 0.29) is 24.8 Å². The van der Waals surface area contributed by atoms with Crippen molar-refractivity contribution in [3.63, 3.8) is 0 Å². The number of aliphatic hydroxyl groups is 1. The molecular weight excluding hydrogens is 362 g/mol. The fourth-order valence-corrected chi connectivity index (χ4v) is 2.88. The smallest absolute Gasteiger partial charge is 0.166 e. The summed E-state index contributed by atoms with van der Waals surface area (Å²) in [6, 6.07) is 17.3. The number of carbonyl (C=O) groups excluding carboxylic acids is 1. The number of halogens is 1. The first-order valence-corrected chi connectivity index (χ1v) is 9.33. The van der Waals surface area contributed by atoms with Gasteiger partial charge in [0.2, 0.25) is 0 Å². The zero-order valence-electron chi connectivity index (χ0n) is 16.1. The van der Waals surface area contributed by atoms with Gasteiger partial charge in [-0.05, 0) is 37.2 Å². The first-order chi connectivity index (χ1) is 12.6. The van der Waals surface area contributed by atoms with E-state index in [9.17, 15) is 9.90 Å². The van der Waals surface area contributed by atoms with E-state index in [4.69, 9.17) is 4.74 Å². The maximum atomic E-state index is 12.6. The van der Waals surface area contributed by atoms with Crippen LogP contribution in [0.5, 0.6) is 5.75 Å². The highest BCUT2D eigenvalue weighted by Gasteiger charge is 2.15. The largest absolute Gasteiger partial charge is 0.490 e. The number of ether oxygens (including phenoxy) is 1. The molecule has 2 aromatic rings. The number of Topliss-reactive ketones (excluding diaryl/α,β-unsaturated/α-hetero) is 1. The van der Waals surface area contributed by atoms with Crippen molar-refractivity contribution < 1.29 is 14.6 Å². The zero-order valence-corrected chi connectivity index (χ0v) is 17.0. The minimum Gasteiger partial charge on any atom is -0.490 e. The van der Waals surface area contributed by atoms with Crippen molar-refractivity contribution in [1.29, 1.82) is 0 Å². The van der Waals surface area contributed by atoms with Crippen molar-refractivity contribution in [3.05, 3.63) is 65.7 Å². The lowest BCUT2D eigenvalue weighted by Gasteiger charge is -2.22. The van der Waals surface area contributed by atoms with Crippen LogP contribution in [0.15, 0.2) is 54.6 Å². The minimum atomic E-state index is -0.581. The SMILES string of the molecule is CCN(CC)CC(O)COc1ccccc1C(=O)CCc1ccccc1.Cl. The van der Waals surface area contributed by atoms with Gasteiger partial charge in [-0.15, -0.1) is 12.4 Å². The second-order valence-electron chi connectivity index (χ2n) is 6.36. The quantitative estimate of drug-likeness (QED) is 0.588. The van der Waals surface area contributed by atoms with Crippen LogP contribution in [0.4, 0.5) is 0 Å². The molecule has 0 saturated carbocycles. The third-order valence-electron chi connectivity index (χ3n) is 4.47. The average Bonchev–Trinajstić information content (AvgIpc) is 2.69. The normalized spacial score (nSPS) is 11.7. The maximum absolute atomic E-state index is 12.6. The molecule has 0 fully saturated rings. The molecule has 0 saturated heterocycles. The van der Waals surface area contributed by atoms with Crippen LogP contribution in [0.2, 0.25) is 0 Å². The zero-order chi connectivity index (χ0) is 18.8. The summed E-state index contributed by atoms with van der Waals surface area (Å²) in [6.45, 7) is 6.66. The Bertz CT molecular complexity index is 674. The third-order valence-corrected chi connectivity index (χ3v) is 4.47. The number of rotatable bonds is 11. The van der Waals surface area contributed by atoms with Crippen LogP contribution in [0.3, 0.4) is 0 Å². The summed E-state index contributed by atoms with van der Waals surface area (Å²) < 4.78 is 5.76. The highest BCUT2D eigenvalue weighted by atomic mass is 35.5. The minimum absolute atomic E-state index is 0. The topological polar surface area (TPSA) is 49.8 Å². The predicted molar refractivity (Wildman–Crippen MR) is 112 cm³/mol. The van der Waals surface area contributed by atoms with E-state index in [0.29, 0.717) is 30.7 Å². The number of para-hydroxylation sites is 1. The molecule has 27 heavy (non-hydrogen) atoms. The Hall–Kier alpha value is -1.88. The van der Waals surface area contributed by atoms with Crippen molar-refractivity contribution in [2.45, 2.75) is 32.8 Å². The number of nitrogens with zero attached hydrogens (tertiary/aromatic N) is 1. The van der Waals surface area contributed by atoms with E-state index in [1.165, 1.54) is 0 Å². The van der Waals surface area contributed by atoms with Gasteiger partial charge in [-0.1, -0.05) is 56.3 Å². The van der Waals surface area contributed by atoms with E-state index in [1.807, 2.05) is 42.5 Å². The Labute approximate surface area is 168 Å². The average molecular weight is 392 g/mol. The first kappa shape index (κ1) is 23.2. The highest BCUT2D eigenvalue weighted by Crippen LogP contribution is 2.21. The molecule has 0 spiro atoms. The molecule has 0 aliphatic rings. The Morgan fingerprint density at radius 2 is 1.67 bits per heavy atom. The lowest BCUT2D eigenvalue weighted by molar-refractivity contribution is 0.0707. The number of aryl methyl sites for hydroxylation is 1. The van der Waals surface area contributed by atoms with E-state index >= 15 is 0 Å². The van der Waals surface area contributed by atoms with Crippen LogP contribution in [0, 0.1) is 0 Å². The Morgan fingerprint density at radius 1 is 1.04 bits per heavy atom. The van der Waals surface area contributed by atoms with Gasteiger partial charge in [-0.3, -0.25) is 4.79 Å². The third kappa shape index (κ3) is 7.71. The van der Waals surface area contributed by atoms with Crippen molar-refractivity contribution in [2.75, 3.05) is 26.2 Å². The molecule has 2 aromatic carbocycles. The van der Waals surface area contributed by atoms with Crippen molar-refractivity contribution in [2.24, 2.45) is 0 Å². The second kappa shape index (κ2) is 12.5. The maximum Gasteiger partial charge on any atom is 0.166 e. The molecule has 2 rings (SSSR count). The van der Waals surface area contributed by atoms with E-state index in [0.717, 1.165) is 18.7 Å². The molecule has 0 radical (unpaired) electrons. The van der Waals surface area contributed by atoms with E-state index in [1.54, 1.807) is 12.1 Å². The number of ketones is 1. The molecular formula is C22H30ClNO3. The summed E-state index contributed by atoms with van der Waals surface area (Å²) in [6.07, 6.45) is 0.563. The molecule has 1 N–H and O–H groups in total. The molecule has 0 amide bonds.